The molecular formula is C14H19BrCl2N2. The van der Waals surface area contributed by atoms with Crippen molar-refractivity contribution < 1.29 is 0 Å². The lowest BCUT2D eigenvalue weighted by atomic mass is 9.92. The predicted octanol–water partition coefficient (Wildman–Crippen LogP) is 4.90. The number of halogens is 3. The second-order valence-electron chi connectivity index (χ2n) is 5.32. The van der Waals surface area contributed by atoms with E-state index >= 15 is 0 Å². The molecule has 2 nitrogen and oxygen atoms in total. The highest BCUT2D eigenvalue weighted by Crippen LogP contribution is 2.36. The number of likely N-dealkylation sites (tertiary alicyclic amines) is 1. The predicted molar refractivity (Wildman–Crippen MR) is 87.5 cm³/mol. The van der Waals surface area contributed by atoms with E-state index in [0.29, 0.717) is 22.0 Å². The molecule has 0 bridgehead atoms. The molecular weight excluding hydrogens is 347 g/mol. The summed E-state index contributed by atoms with van der Waals surface area (Å²) < 4.78 is 0.828. The van der Waals surface area contributed by atoms with Gasteiger partial charge >= 0.3 is 0 Å². The molecule has 0 amide bonds. The van der Waals surface area contributed by atoms with E-state index in [2.05, 4.69) is 40.1 Å². The van der Waals surface area contributed by atoms with Crippen molar-refractivity contribution in [1.29, 1.82) is 0 Å². The summed E-state index contributed by atoms with van der Waals surface area (Å²) in [5.41, 5.74) is 0.913. The molecule has 1 heterocycles. The molecule has 0 saturated carbocycles. The molecule has 2 atom stereocenters. The van der Waals surface area contributed by atoms with Gasteiger partial charge in [0, 0.05) is 17.1 Å². The second-order valence-corrected chi connectivity index (χ2v) is 6.93. The van der Waals surface area contributed by atoms with Crippen molar-refractivity contribution in [2.45, 2.75) is 25.8 Å². The lowest BCUT2D eigenvalue weighted by Crippen LogP contribution is -2.39. The van der Waals surface area contributed by atoms with Crippen LogP contribution in [0.3, 0.4) is 0 Å². The molecule has 0 aromatic heterocycles. The Bertz CT molecular complexity index is 453. The minimum Gasteiger partial charge on any atom is -0.381 e. The quantitative estimate of drug-likeness (QED) is 0.766. The van der Waals surface area contributed by atoms with Crippen molar-refractivity contribution in [3.8, 4) is 0 Å². The first-order valence-corrected chi connectivity index (χ1v) is 8.12. The van der Waals surface area contributed by atoms with Crippen molar-refractivity contribution >= 4 is 44.8 Å². The first-order valence-electron chi connectivity index (χ1n) is 6.57. The molecule has 1 aromatic carbocycles. The number of piperidine rings is 1. The van der Waals surface area contributed by atoms with Gasteiger partial charge in [-0.3, -0.25) is 0 Å². The normalized spacial score (nSPS) is 22.3. The average Bonchev–Trinajstić information content (AvgIpc) is 2.39. The average molecular weight is 366 g/mol. The van der Waals surface area contributed by atoms with Crippen LogP contribution in [0.2, 0.25) is 10.0 Å². The fourth-order valence-corrected chi connectivity index (χ4v) is 3.44. The van der Waals surface area contributed by atoms with Crippen LogP contribution < -0.4 is 5.32 Å². The first kappa shape index (κ1) is 15.4. The number of hydrogen-bond donors (Lipinski definition) is 1. The molecule has 1 N–H and O–H groups in total. The standard InChI is InChI=1S/C14H19BrCl2N2/c1-9(10-4-3-7-19(2)8-10)18-12-6-5-11(15)13(16)14(12)17/h5-6,9-10,18H,3-4,7-8H2,1-2H3. The van der Waals surface area contributed by atoms with Crippen LogP contribution in [0.25, 0.3) is 0 Å². The van der Waals surface area contributed by atoms with Crippen molar-refractivity contribution in [2.75, 3.05) is 25.5 Å². The van der Waals surface area contributed by atoms with Crippen molar-refractivity contribution in [3.63, 3.8) is 0 Å². The van der Waals surface area contributed by atoms with E-state index < -0.39 is 0 Å². The van der Waals surface area contributed by atoms with Gasteiger partial charge in [-0.2, -0.15) is 0 Å². The van der Waals surface area contributed by atoms with E-state index in [1.807, 2.05) is 12.1 Å². The highest BCUT2D eigenvalue weighted by atomic mass is 79.9. The van der Waals surface area contributed by atoms with Gasteiger partial charge < -0.3 is 10.2 Å². The van der Waals surface area contributed by atoms with Gasteiger partial charge in [-0.15, -0.1) is 0 Å². The van der Waals surface area contributed by atoms with Crippen LogP contribution in [0, 0.1) is 5.92 Å². The molecule has 0 spiro atoms. The molecule has 1 saturated heterocycles. The van der Waals surface area contributed by atoms with Crippen molar-refractivity contribution in [2.24, 2.45) is 5.92 Å². The molecule has 1 aliphatic rings. The fourth-order valence-electron chi connectivity index (χ4n) is 2.61. The zero-order valence-corrected chi connectivity index (χ0v) is 14.3. The minimum absolute atomic E-state index is 0.387. The highest BCUT2D eigenvalue weighted by Gasteiger charge is 2.23. The van der Waals surface area contributed by atoms with Crippen LogP contribution in [-0.2, 0) is 0 Å². The second kappa shape index (κ2) is 6.66. The molecule has 1 aromatic rings. The van der Waals surface area contributed by atoms with Gasteiger partial charge in [0.2, 0.25) is 0 Å². The van der Waals surface area contributed by atoms with Crippen LogP contribution in [-0.4, -0.2) is 31.1 Å². The maximum Gasteiger partial charge on any atom is 0.0835 e. The first-order chi connectivity index (χ1) is 8.99. The Hall–Kier alpha value is 0.0400. The van der Waals surface area contributed by atoms with Gasteiger partial charge in [0.05, 0.1) is 15.7 Å². The molecule has 2 unspecified atom stereocenters. The monoisotopic (exact) mass is 364 g/mol. The lowest BCUT2D eigenvalue weighted by molar-refractivity contribution is 0.197. The smallest absolute Gasteiger partial charge is 0.0835 e. The third-order valence-corrected chi connectivity index (χ3v) is 5.56. The van der Waals surface area contributed by atoms with Crippen LogP contribution >= 0.6 is 39.1 Å². The SMILES string of the molecule is CC(Nc1ccc(Br)c(Cl)c1Cl)C1CCCN(C)C1. The van der Waals surface area contributed by atoms with E-state index in [-0.39, 0.29) is 0 Å². The van der Waals surface area contributed by atoms with Gasteiger partial charge in [0.25, 0.3) is 0 Å². The van der Waals surface area contributed by atoms with Crippen LogP contribution in [0.5, 0.6) is 0 Å². The minimum atomic E-state index is 0.387. The Labute approximate surface area is 133 Å². The number of hydrogen-bond acceptors (Lipinski definition) is 2. The zero-order chi connectivity index (χ0) is 14.0. The lowest BCUT2D eigenvalue weighted by Gasteiger charge is -2.34. The number of benzene rings is 1. The summed E-state index contributed by atoms with van der Waals surface area (Å²) in [4.78, 5) is 2.39. The highest BCUT2D eigenvalue weighted by molar-refractivity contribution is 9.10. The van der Waals surface area contributed by atoms with E-state index in [1.54, 1.807) is 0 Å². The Balaban J connectivity index is 2.06. The molecule has 19 heavy (non-hydrogen) atoms. The van der Waals surface area contributed by atoms with Crippen LogP contribution in [0.1, 0.15) is 19.8 Å². The Morgan fingerprint density at radius 2 is 2.11 bits per heavy atom. The van der Waals surface area contributed by atoms with Crippen LogP contribution in [0.15, 0.2) is 16.6 Å². The third-order valence-electron chi connectivity index (χ3n) is 3.79. The maximum atomic E-state index is 6.28. The summed E-state index contributed by atoms with van der Waals surface area (Å²) in [6.07, 6.45) is 2.53. The Morgan fingerprint density at radius 3 is 2.79 bits per heavy atom. The van der Waals surface area contributed by atoms with E-state index in [1.165, 1.54) is 19.4 Å². The number of rotatable bonds is 3. The molecule has 2 rings (SSSR count). The maximum absolute atomic E-state index is 6.28. The topological polar surface area (TPSA) is 15.3 Å². The molecule has 5 heteroatoms. The summed E-state index contributed by atoms with van der Waals surface area (Å²) in [5, 5.41) is 4.66. The van der Waals surface area contributed by atoms with Gasteiger partial charge in [-0.25, -0.2) is 0 Å². The molecule has 0 aliphatic carbocycles. The van der Waals surface area contributed by atoms with Gasteiger partial charge in [0.15, 0.2) is 0 Å². The van der Waals surface area contributed by atoms with Gasteiger partial charge in [-0.1, -0.05) is 23.2 Å². The summed E-state index contributed by atoms with van der Waals surface area (Å²) in [6, 6.07) is 4.29. The Kier molecular flexibility index (Phi) is 5.41. The largest absolute Gasteiger partial charge is 0.381 e. The third kappa shape index (κ3) is 3.78. The van der Waals surface area contributed by atoms with E-state index in [0.717, 1.165) is 16.7 Å². The fraction of sp³-hybridized carbons (Fsp3) is 0.571. The summed E-state index contributed by atoms with van der Waals surface area (Å²) in [7, 11) is 2.18. The van der Waals surface area contributed by atoms with E-state index in [9.17, 15) is 0 Å². The van der Waals surface area contributed by atoms with Crippen molar-refractivity contribution in [3.05, 3.63) is 26.7 Å². The van der Waals surface area contributed by atoms with E-state index in [4.69, 9.17) is 23.2 Å². The summed E-state index contributed by atoms with van der Waals surface area (Å²) in [6.45, 7) is 4.56. The molecule has 0 radical (unpaired) electrons. The molecule has 106 valence electrons. The van der Waals surface area contributed by atoms with Crippen LogP contribution in [0.4, 0.5) is 5.69 Å². The summed E-state index contributed by atoms with van der Waals surface area (Å²) in [5.74, 6) is 0.650. The molecule has 1 fully saturated rings. The number of nitrogens with one attached hydrogen (secondary N) is 1. The van der Waals surface area contributed by atoms with Crippen molar-refractivity contribution in [1.82, 2.24) is 4.90 Å². The van der Waals surface area contributed by atoms with Gasteiger partial charge in [0.1, 0.15) is 0 Å². The summed E-state index contributed by atoms with van der Waals surface area (Å²) >= 11 is 15.8. The van der Waals surface area contributed by atoms with Gasteiger partial charge in [-0.05, 0) is 67.3 Å². The molecule has 1 aliphatic heterocycles. The Morgan fingerprint density at radius 1 is 1.37 bits per heavy atom. The number of anilines is 1. The number of nitrogens with zero attached hydrogens (tertiary/aromatic N) is 1. The zero-order valence-electron chi connectivity index (χ0n) is 11.2.